The molecule has 0 aromatic heterocycles. The lowest BCUT2D eigenvalue weighted by Gasteiger charge is -2.11. The Bertz CT molecular complexity index is 908. The molecule has 0 saturated carbocycles. The first-order valence-corrected chi connectivity index (χ1v) is 9.26. The maximum atomic E-state index is 12.3. The number of benzene rings is 2. The summed E-state index contributed by atoms with van der Waals surface area (Å²) < 4.78 is 33.9. The molecular formula is C18H19NO6S. The van der Waals surface area contributed by atoms with Gasteiger partial charge in [-0.1, -0.05) is 18.2 Å². The van der Waals surface area contributed by atoms with Crippen LogP contribution in [0.5, 0.6) is 11.5 Å². The van der Waals surface area contributed by atoms with E-state index in [-0.39, 0.29) is 29.4 Å². The highest BCUT2D eigenvalue weighted by Crippen LogP contribution is 2.27. The number of carbonyl (C=O) groups is 2. The Labute approximate surface area is 151 Å². The molecule has 2 aromatic carbocycles. The van der Waals surface area contributed by atoms with Crippen LogP contribution in [0.15, 0.2) is 47.4 Å². The van der Waals surface area contributed by atoms with Crippen molar-refractivity contribution in [2.45, 2.75) is 11.3 Å². The first-order chi connectivity index (χ1) is 12.4. The van der Waals surface area contributed by atoms with Crippen molar-refractivity contribution in [1.29, 1.82) is 0 Å². The van der Waals surface area contributed by atoms with Gasteiger partial charge in [0.25, 0.3) is 5.91 Å². The number of sulfone groups is 1. The van der Waals surface area contributed by atoms with Crippen LogP contribution < -0.4 is 14.8 Å². The molecule has 0 saturated heterocycles. The summed E-state index contributed by atoms with van der Waals surface area (Å²) in [5, 5.41) is 2.71. The molecule has 0 aliphatic rings. The summed E-state index contributed by atoms with van der Waals surface area (Å²) in [6, 6.07) is 11.0. The van der Waals surface area contributed by atoms with Gasteiger partial charge < -0.3 is 14.8 Å². The highest BCUT2D eigenvalue weighted by Gasteiger charge is 2.17. The van der Waals surface area contributed by atoms with Gasteiger partial charge in [-0.25, -0.2) is 8.42 Å². The predicted octanol–water partition coefficient (Wildman–Crippen LogP) is 1.64. The molecule has 0 radical (unpaired) electrons. The predicted molar refractivity (Wildman–Crippen MR) is 96.0 cm³/mol. The molecule has 138 valence electrons. The van der Waals surface area contributed by atoms with Crippen LogP contribution in [-0.2, 0) is 21.1 Å². The minimum absolute atomic E-state index is 0.0460. The molecule has 0 fully saturated rings. The van der Waals surface area contributed by atoms with E-state index in [0.717, 1.165) is 0 Å². The van der Waals surface area contributed by atoms with Crippen molar-refractivity contribution in [2.75, 3.05) is 20.8 Å². The van der Waals surface area contributed by atoms with Crippen LogP contribution >= 0.6 is 0 Å². The summed E-state index contributed by atoms with van der Waals surface area (Å²) in [5.74, 6) is 0.612. The summed E-state index contributed by atoms with van der Waals surface area (Å²) in [4.78, 5) is 23.0. The third-order valence-corrected chi connectivity index (χ3v) is 5.00. The van der Waals surface area contributed by atoms with Gasteiger partial charge in [0.2, 0.25) is 15.5 Å². The van der Waals surface area contributed by atoms with E-state index < -0.39 is 9.84 Å². The van der Waals surface area contributed by atoms with Gasteiger partial charge in [0.15, 0.2) is 11.5 Å². The summed E-state index contributed by atoms with van der Waals surface area (Å²) >= 11 is 0. The number of carbonyl (C=O) groups excluding carboxylic acids is 2. The molecule has 0 bridgehead atoms. The number of amides is 1. The molecule has 8 heteroatoms. The summed E-state index contributed by atoms with van der Waals surface area (Å²) in [7, 11) is -0.994. The van der Waals surface area contributed by atoms with E-state index in [9.17, 15) is 18.0 Å². The van der Waals surface area contributed by atoms with Gasteiger partial charge in [-0.3, -0.25) is 9.59 Å². The van der Waals surface area contributed by atoms with E-state index in [4.69, 9.17) is 9.47 Å². The molecule has 2 rings (SSSR count). The third kappa shape index (κ3) is 4.40. The van der Waals surface area contributed by atoms with Gasteiger partial charge in [0, 0.05) is 12.1 Å². The van der Waals surface area contributed by atoms with Crippen molar-refractivity contribution < 1.29 is 27.5 Å². The lowest BCUT2D eigenvalue weighted by Crippen LogP contribution is -2.26. The number of hydrogen-bond donors (Lipinski definition) is 1. The summed E-state index contributed by atoms with van der Waals surface area (Å²) in [6.45, 7) is 0.207. The van der Waals surface area contributed by atoms with Crippen LogP contribution in [-0.4, -0.2) is 40.7 Å². The van der Waals surface area contributed by atoms with Crippen LogP contribution in [0.4, 0.5) is 0 Å². The first-order valence-electron chi connectivity index (χ1n) is 7.71. The number of nitrogens with one attached hydrogen (secondary N) is 1. The SMILES string of the molecule is COc1ccc(C(=O)NCCc2ccccc2S(=O)(=O)C=O)cc1OC. The molecule has 2 aromatic rings. The van der Waals surface area contributed by atoms with Gasteiger partial charge in [0.1, 0.15) is 0 Å². The number of hydrogen-bond acceptors (Lipinski definition) is 6. The highest BCUT2D eigenvalue weighted by molar-refractivity contribution is 8.04. The zero-order valence-corrected chi connectivity index (χ0v) is 15.2. The number of methoxy groups -OCH3 is 2. The fraction of sp³-hybridized carbons (Fsp3) is 0.222. The van der Waals surface area contributed by atoms with Gasteiger partial charge in [-0.05, 0) is 36.2 Å². The standard InChI is InChI=1S/C18H19NO6S/c1-24-15-8-7-14(11-16(15)25-2)18(21)19-10-9-13-5-3-4-6-17(13)26(22,23)12-20/h3-8,11-12H,9-10H2,1-2H3,(H,19,21). The molecule has 7 nitrogen and oxygen atoms in total. The minimum Gasteiger partial charge on any atom is -0.493 e. The summed E-state index contributed by atoms with van der Waals surface area (Å²) in [6.07, 6.45) is 0.266. The molecule has 0 heterocycles. The van der Waals surface area contributed by atoms with Crippen molar-refractivity contribution >= 4 is 21.4 Å². The van der Waals surface area contributed by atoms with Gasteiger partial charge in [-0.2, -0.15) is 0 Å². The Hall–Kier alpha value is -2.87. The fourth-order valence-corrected chi connectivity index (χ4v) is 3.34. The molecule has 1 amide bonds. The molecule has 1 N–H and O–H groups in total. The number of rotatable bonds is 8. The second kappa shape index (κ2) is 8.48. The number of ether oxygens (including phenoxy) is 2. The summed E-state index contributed by atoms with van der Waals surface area (Å²) in [5.41, 5.74) is 0.775. The molecule has 0 aliphatic heterocycles. The molecule has 0 unspecified atom stereocenters. The average Bonchev–Trinajstić information content (AvgIpc) is 2.67. The van der Waals surface area contributed by atoms with Crippen molar-refractivity contribution in [3.8, 4) is 11.5 Å². The van der Waals surface area contributed by atoms with Crippen LogP contribution in [0.3, 0.4) is 0 Å². The normalized spacial score (nSPS) is 10.8. The maximum absolute atomic E-state index is 12.3. The molecule has 0 aliphatic carbocycles. The smallest absolute Gasteiger partial charge is 0.251 e. The second-order valence-corrected chi connectivity index (χ2v) is 7.05. The van der Waals surface area contributed by atoms with E-state index in [1.54, 1.807) is 36.4 Å². The van der Waals surface area contributed by atoms with E-state index in [0.29, 0.717) is 22.6 Å². The fourth-order valence-electron chi connectivity index (χ4n) is 2.43. The van der Waals surface area contributed by atoms with E-state index in [1.807, 2.05) is 0 Å². The van der Waals surface area contributed by atoms with Crippen molar-refractivity contribution in [3.05, 3.63) is 53.6 Å². The Balaban J connectivity index is 2.07. The van der Waals surface area contributed by atoms with E-state index in [1.165, 1.54) is 20.3 Å². The van der Waals surface area contributed by atoms with Crippen LogP contribution in [0.25, 0.3) is 0 Å². The van der Waals surface area contributed by atoms with Crippen molar-refractivity contribution in [2.24, 2.45) is 0 Å². The van der Waals surface area contributed by atoms with Gasteiger partial charge in [0.05, 0.1) is 19.1 Å². The minimum atomic E-state index is -3.97. The monoisotopic (exact) mass is 377 g/mol. The van der Waals surface area contributed by atoms with Gasteiger partial charge >= 0.3 is 0 Å². The van der Waals surface area contributed by atoms with Crippen LogP contribution in [0.1, 0.15) is 15.9 Å². The molecule has 0 atom stereocenters. The second-order valence-electron chi connectivity index (χ2n) is 5.32. The van der Waals surface area contributed by atoms with Crippen LogP contribution in [0.2, 0.25) is 0 Å². The topological polar surface area (TPSA) is 98.8 Å². The average molecular weight is 377 g/mol. The zero-order chi connectivity index (χ0) is 19.2. The quantitative estimate of drug-likeness (QED) is 0.702. The maximum Gasteiger partial charge on any atom is 0.251 e. The Morgan fingerprint density at radius 2 is 1.77 bits per heavy atom. The first kappa shape index (κ1) is 19.5. The van der Waals surface area contributed by atoms with Gasteiger partial charge in [-0.15, -0.1) is 0 Å². The van der Waals surface area contributed by atoms with Crippen molar-refractivity contribution in [3.63, 3.8) is 0 Å². The lowest BCUT2D eigenvalue weighted by atomic mass is 10.1. The molecule has 0 spiro atoms. The lowest BCUT2D eigenvalue weighted by molar-refractivity contribution is 0.0953. The van der Waals surface area contributed by atoms with E-state index >= 15 is 0 Å². The Kier molecular flexibility index (Phi) is 6.35. The highest BCUT2D eigenvalue weighted by atomic mass is 32.2. The van der Waals surface area contributed by atoms with Crippen molar-refractivity contribution in [1.82, 2.24) is 5.32 Å². The largest absolute Gasteiger partial charge is 0.493 e. The molecular weight excluding hydrogens is 358 g/mol. The zero-order valence-electron chi connectivity index (χ0n) is 14.4. The van der Waals surface area contributed by atoms with Crippen LogP contribution in [0, 0.1) is 0 Å². The van der Waals surface area contributed by atoms with E-state index in [2.05, 4.69) is 5.32 Å². The Morgan fingerprint density at radius 3 is 2.42 bits per heavy atom. The Morgan fingerprint density at radius 1 is 1.08 bits per heavy atom. The third-order valence-electron chi connectivity index (χ3n) is 3.73. The molecule has 26 heavy (non-hydrogen) atoms.